The third-order valence-electron chi connectivity index (χ3n) is 11.4. The number of hydrogen-bond acceptors (Lipinski definition) is 0. The van der Waals surface area contributed by atoms with Gasteiger partial charge in [-0.1, -0.05) is 89.5 Å². The maximum Gasteiger partial charge on any atom is 0.131 e. The van der Waals surface area contributed by atoms with Crippen LogP contribution < -0.4 is 0 Å². The number of hydrogen-bond donors (Lipinski definition) is 0. The highest BCUT2D eigenvalue weighted by Gasteiger charge is 2.31. The van der Waals surface area contributed by atoms with Crippen molar-refractivity contribution in [3.8, 4) is 11.1 Å². The second kappa shape index (κ2) is 14.5. The largest absolute Gasteiger partial charge is 0.206 e. The van der Waals surface area contributed by atoms with E-state index < -0.39 is 0 Å². The van der Waals surface area contributed by atoms with Crippen molar-refractivity contribution in [2.75, 3.05) is 0 Å². The van der Waals surface area contributed by atoms with E-state index in [1.807, 2.05) is 18.2 Å². The highest BCUT2D eigenvalue weighted by atomic mass is 19.1. The van der Waals surface area contributed by atoms with Gasteiger partial charge in [-0.05, 0) is 123 Å². The van der Waals surface area contributed by atoms with Crippen molar-refractivity contribution >= 4 is 0 Å². The molecule has 0 N–H and O–H groups in total. The SMILES string of the molecule is CCCCCCC1CCC(C2CCC(c3ccc(-c4ccc(C5CCC(CC)CC5)cc4F)c(F)c3)CC2)CC1. The zero-order valence-corrected chi connectivity index (χ0v) is 25.4. The molecule has 0 aromatic heterocycles. The van der Waals surface area contributed by atoms with Crippen LogP contribution in [0.2, 0.25) is 0 Å². The Kier molecular flexibility index (Phi) is 10.8. The predicted molar refractivity (Wildman–Crippen MR) is 166 cm³/mol. The predicted octanol–water partition coefficient (Wildman–Crippen LogP) is 12.4. The highest BCUT2D eigenvalue weighted by Crippen LogP contribution is 2.45. The van der Waals surface area contributed by atoms with Gasteiger partial charge in [0, 0.05) is 11.1 Å². The van der Waals surface area contributed by atoms with Gasteiger partial charge in [0.15, 0.2) is 0 Å². The second-order valence-corrected chi connectivity index (χ2v) is 13.8. The Bertz CT molecular complexity index is 1050. The van der Waals surface area contributed by atoms with Crippen LogP contribution in [0.3, 0.4) is 0 Å². The van der Waals surface area contributed by atoms with E-state index in [1.54, 1.807) is 12.1 Å². The van der Waals surface area contributed by atoms with Gasteiger partial charge in [-0.3, -0.25) is 0 Å². The molecule has 0 saturated heterocycles. The molecule has 3 aliphatic rings. The molecule has 0 atom stereocenters. The third kappa shape index (κ3) is 7.38. The lowest BCUT2D eigenvalue weighted by molar-refractivity contribution is 0.155. The topological polar surface area (TPSA) is 0 Å². The summed E-state index contributed by atoms with van der Waals surface area (Å²) in [5.74, 6) is 3.93. The van der Waals surface area contributed by atoms with E-state index in [0.29, 0.717) is 23.0 Å². The Labute approximate surface area is 243 Å². The van der Waals surface area contributed by atoms with Crippen molar-refractivity contribution in [3.63, 3.8) is 0 Å². The van der Waals surface area contributed by atoms with Crippen LogP contribution in [0, 0.1) is 35.3 Å². The summed E-state index contributed by atoms with van der Waals surface area (Å²) < 4.78 is 30.6. The normalized spacial score (nSPS) is 29.4. The molecular formula is C38H54F2. The van der Waals surface area contributed by atoms with Crippen LogP contribution in [0.1, 0.15) is 152 Å². The van der Waals surface area contributed by atoms with E-state index in [4.69, 9.17) is 0 Å². The summed E-state index contributed by atoms with van der Waals surface area (Å²) >= 11 is 0. The molecular weight excluding hydrogens is 494 g/mol. The van der Waals surface area contributed by atoms with Crippen LogP contribution in [-0.4, -0.2) is 0 Å². The van der Waals surface area contributed by atoms with Gasteiger partial charge in [0.2, 0.25) is 0 Å². The smallest absolute Gasteiger partial charge is 0.131 e. The van der Waals surface area contributed by atoms with Crippen molar-refractivity contribution in [2.24, 2.45) is 23.7 Å². The van der Waals surface area contributed by atoms with Gasteiger partial charge >= 0.3 is 0 Å². The number of unbranched alkanes of at least 4 members (excludes halogenated alkanes) is 3. The first-order valence-electron chi connectivity index (χ1n) is 17.1. The Hall–Kier alpha value is -1.70. The van der Waals surface area contributed by atoms with Gasteiger partial charge in [-0.15, -0.1) is 0 Å². The maximum absolute atomic E-state index is 15.4. The van der Waals surface area contributed by atoms with Gasteiger partial charge in [0.05, 0.1) is 0 Å². The first kappa shape index (κ1) is 29.8. The Morgan fingerprint density at radius 1 is 0.550 bits per heavy atom. The average molecular weight is 549 g/mol. The minimum absolute atomic E-state index is 0.271. The monoisotopic (exact) mass is 548 g/mol. The molecule has 0 spiro atoms. The fraction of sp³-hybridized carbons (Fsp3) is 0.684. The first-order valence-corrected chi connectivity index (χ1v) is 17.1. The molecule has 2 aromatic rings. The zero-order chi connectivity index (χ0) is 27.9. The standard InChI is InChI=1S/C38H54F2/c1-3-5-6-7-8-28-11-15-29(16-12-28)30-17-19-32(20-18-30)34-22-24-36(38(40)26-34)35-23-21-33(25-37(35)39)31-13-9-27(4-2)10-14-31/h21-32H,3-20H2,1-2H3. The molecule has 3 fully saturated rings. The van der Waals surface area contributed by atoms with Crippen LogP contribution in [0.15, 0.2) is 36.4 Å². The first-order chi connectivity index (χ1) is 19.6. The molecule has 2 aromatic carbocycles. The lowest BCUT2D eigenvalue weighted by atomic mass is 9.68. The quantitative estimate of drug-likeness (QED) is 0.259. The Balaban J connectivity index is 1.12. The number of halogens is 2. The fourth-order valence-corrected chi connectivity index (χ4v) is 8.64. The summed E-state index contributed by atoms with van der Waals surface area (Å²) in [4.78, 5) is 0. The van der Waals surface area contributed by atoms with E-state index in [2.05, 4.69) is 19.9 Å². The molecule has 3 saturated carbocycles. The fourth-order valence-electron chi connectivity index (χ4n) is 8.64. The summed E-state index contributed by atoms with van der Waals surface area (Å²) in [5.41, 5.74) is 3.01. The van der Waals surface area contributed by atoms with Crippen molar-refractivity contribution in [1.82, 2.24) is 0 Å². The molecule has 2 heteroatoms. The highest BCUT2D eigenvalue weighted by molar-refractivity contribution is 5.66. The van der Waals surface area contributed by atoms with Crippen LogP contribution in [0.25, 0.3) is 11.1 Å². The van der Waals surface area contributed by atoms with Gasteiger partial charge in [0.25, 0.3) is 0 Å². The van der Waals surface area contributed by atoms with E-state index >= 15 is 8.78 Å². The molecule has 0 radical (unpaired) electrons. The summed E-state index contributed by atoms with van der Waals surface area (Å²) in [5, 5.41) is 0. The molecule has 3 aliphatic carbocycles. The van der Waals surface area contributed by atoms with Gasteiger partial charge in [-0.25, -0.2) is 8.78 Å². The van der Waals surface area contributed by atoms with Crippen molar-refractivity contribution in [1.29, 1.82) is 0 Å². The van der Waals surface area contributed by atoms with E-state index in [9.17, 15) is 0 Å². The van der Waals surface area contributed by atoms with Crippen LogP contribution >= 0.6 is 0 Å². The summed E-state index contributed by atoms with van der Waals surface area (Å²) in [6.45, 7) is 4.57. The zero-order valence-electron chi connectivity index (χ0n) is 25.4. The molecule has 0 amide bonds. The van der Waals surface area contributed by atoms with E-state index in [0.717, 1.165) is 47.6 Å². The maximum atomic E-state index is 15.4. The van der Waals surface area contributed by atoms with E-state index in [-0.39, 0.29) is 11.6 Å². The third-order valence-corrected chi connectivity index (χ3v) is 11.4. The molecule has 0 bridgehead atoms. The molecule has 220 valence electrons. The molecule has 0 nitrogen and oxygen atoms in total. The second-order valence-electron chi connectivity index (χ2n) is 13.8. The molecule has 0 heterocycles. The van der Waals surface area contributed by atoms with Gasteiger partial charge < -0.3 is 0 Å². The lowest BCUT2D eigenvalue weighted by Crippen LogP contribution is -2.25. The van der Waals surface area contributed by atoms with Crippen molar-refractivity contribution < 1.29 is 8.78 Å². The van der Waals surface area contributed by atoms with Crippen LogP contribution in [0.5, 0.6) is 0 Å². The van der Waals surface area contributed by atoms with Gasteiger partial charge in [0.1, 0.15) is 11.6 Å². The number of rotatable bonds is 10. The Morgan fingerprint density at radius 2 is 1.02 bits per heavy atom. The Morgan fingerprint density at radius 3 is 1.50 bits per heavy atom. The molecule has 0 aliphatic heterocycles. The van der Waals surface area contributed by atoms with Crippen LogP contribution in [0.4, 0.5) is 8.78 Å². The van der Waals surface area contributed by atoms with Gasteiger partial charge in [-0.2, -0.15) is 0 Å². The lowest BCUT2D eigenvalue weighted by Gasteiger charge is -2.38. The molecule has 5 rings (SSSR count). The minimum atomic E-state index is -0.280. The summed E-state index contributed by atoms with van der Waals surface area (Å²) in [7, 11) is 0. The van der Waals surface area contributed by atoms with Crippen LogP contribution in [-0.2, 0) is 0 Å². The molecule has 40 heavy (non-hydrogen) atoms. The average Bonchev–Trinajstić information content (AvgIpc) is 3.00. The number of benzene rings is 2. The van der Waals surface area contributed by atoms with Crippen molar-refractivity contribution in [3.05, 3.63) is 59.2 Å². The summed E-state index contributed by atoms with van der Waals surface area (Å²) in [6, 6.07) is 11.2. The van der Waals surface area contributed by atoms with Crippen molar-refractivity contribution in [2.45, 2.75) is 141 Å². The molecule has 0 unspecified atom stereocenters. The summed E-state index contributed by atoms with van der Waals surface area (Å²) in [6.07, 6.45) is 23.7. The minimum Gasteiger partial charge on any atom is -0.206 e. The van der Waals surface area contributed by atoms with E-state index in [1.165, 1.54) is 103 Å².